The molecule has 0 N–H and O–H groups in total. The van der Waals surface area contributed by atoms with E-state index in [4.69, 9.17) is 4.52 Å². The van der Waals surface area contributed by atoms with Gasteiger partial charge in [-0.2, -0.15) is 4.98 Å². The van der Waals surface area contributed by atoms with Crippen LogP contribution < -0.4 is 0 Å². The molecule has 0 radical (unpaired) electrons. The Bertz CT molecular complexity index is 747. The average Bonchev–Trinajstić information content (AvgIpc) is 3.12. The summed E-state index contributed by atoms with van der Waals surface area (Å²) >= 11 is 0. The van der Waals surface area contributed by atoms with Gasteiger partial charge in [0, 0.05) is 25.2 Å². The predicted octanol–water partition coefficient (Wildman–Crippen LogP) is 2.24. The zero-order chi connectivity index (χ0) is 16.7. The second-order valence-corrected chi connectivity index (χ2v) is 6.27. The van der Waals surface area contributed by atoms with Crippen molar-refractivity contribution < 1.29 is 18.1 Å². The van der Waals surface area contributed by atoms with Crippen molar-refractivity contribution in [2.45, 2.75) is 37.6 Å². The molecule has 0 spiro atoms. The number of rotatable bonds is 4. The van der Waals surface area contributed by atoms with E-state index < -0.39 is 24.9 Å². The Morgan fingerprint density at radius 3 is 2.75 bits per heavy atom. The van der Waals surface area contributed by atoms with Gasteiger partial charge in [0.25, 0.3) is 5.92 Å². The molecule has 0 aromatic carbocycles. The second kappa shape index (κ2) is 5.57. The van der Waals surface area contributed by atoms with E-state index in [0.29, 0.717) is 12.3 Å². The SMILES string of the molecule is O=C(CC1CC1)N1CC(F)(F)C[C@H]1c1nc(-c2ncccn2)no1. The summed E-state index contributed by atoms with van der Waals surface area (Å²) in [6.45, 7) is -0.608. The highest BCUT2D eigenvalue weighted by molar-refractivity contribution is 5.77. The highest BCUT2D eigenvalue weighted by Crippen LogP contribution is 2.42. The van der Waals surface area contributed by atoms with Gasteiger partial charge in [-0.15, -0.1) is 0 Å². The maximum Gasteiger partial charge on any atom is 0.267 e. The maximum absolute atomic E-state index is 13.9. The Morgan fingerprint density at radius 1 is 1.29 bits per heavy atom. The van der Waals surface area contributed by atoms with Crippen LogP contribution in [0.4, 0.5) is 8.78 Å². The monoisotopic (exact) mass is 335 g/mol. The molecule has 7 nitrogen and oxygen atoms in total. The Balaban J connectivity index is 1.58. The number of amides is 1. The topological polar surface area (TPSA) is 85.0 Å². The summed E-state index contributed by atoms with van der Waals surface area (Å²) in [6, 6.07) is 0.733. The number of alkyl halides is 2. The summed E-state index contributed by atoms with van der Waals surface area (Å²) < 4.78 is 32.9. The molecule has 9 heteroatoms. The Labute approximate surface area is 136 Å². The van der Waals surface area contributed by atoms with Crippen molar-refractivity contribution in [2.75, 3.05) is 6.54 Å². The molecule has 126 valence electrons. The molecule has 1 amide bonds. The highest BCUT2D eigenvalue weighted by atomic mass is 19.3. The van der Waals surface area contributed by atoms with Crippen molar-refractivity contribution in [3.8, 4) is 11.6 Å². The Kier molecular flexibility index (Phi) is 3.50. The van der Waals surface area contributed by atoms with Gasteiger partial charge in [0.1, 0.15) is 6.04 Å². The minimum absolute atomic E-state index is 0.00113. The highest BCUT2D eigenvalue weighted by Gasteiger charge is 2.50. The molecule has 0 bridgehead atoms. The predicted molar refractivity (Wildman–Crippen MR) is 76.7 cm³/mol. The summed E-state index contributed by atoms with van der Waals surface area (Å²) in [6.07, 6.45) is 4.80. The molecule has 1 atom stereocenters. The summed E-state index contributed by atoms with van der Waals surface area (Å²) in [7, 11) is 0. The van der Waals surface area contributed by atoms with Crippen LogP contribution in [0, 0.1) is 5.92 Å². The van der Waals surface area contributed by atoms with E-state index >= 15 is 0 Å². The van der Waals surface area contributed by atoms with Crippen molar-refractivity contribution in [3.63, 3.8) is 0 Å². The molecule has 3 heterocycles. The van der Waals surface area contributed by atoms with Crippen molar-refractivity contribution in [2.24, 2.45) is 5.92 Å². The fraction of sp³-hybridized carbons (Fsp3) is 0.533. The number of halogens is 2. The van der Waals surface area contributed by atoms with Crippen LogP contribution in [-0.4, -0.2) is 43.4 Å². The number of nitrogens with zero attached hydrogens (tertiary/aromatic N) is 5. The average molecular weight is 335 g/mol. The number of hydrogen-bond acceptors (Lipinski definition) is 6. The molecule has 0 unspecified atom stereocenters. The lowest BCUT2D eigenvalue weighted by Gasteiger charge is -2.21. The van der Waals surface area contributed by atoms with Crippen molar-refractivity contribution in [1.29, 1.82) is 0 Å². The maximum atomic E-state index is 13.9. The number of carbonyl (C=O) groups excluding carboxylic acids is 1. The Morgan fingerprint density at radius 2 is 2.04 bits per heavy atom. The van der Waals surface area contributed by atoms with E-state index in [1.807, 2.05) is 0 Å². The number of hydrogen-bond donors (Lipinski definition) is 0. The van der Waals surface area contributed by atoms with E-state index in [0.717, 1.165) is 12.8 Å². The molecule has 4 rings (SSSR count). The molecule has 2 fully saturated rings. The minimum Gasteiger partial charge on any atom is -0.337 e. The van der Waals surface area contributed by atoms with Gasteiger partial charge in [-0.05, 0) is 24.8 Å². The first-order valence-corrected chi connectivity index (χ1v) is 7.80. The smallest absolute Gasteiger partial charge is 0.267 e. The van der Waals surface area contributed by atoms with E-state index in [1.165, 1.54) is 17.3 Å². The largest absolute Gasteiger partial charge is 0.337 e. The van der Waals surface area contributed by atoms with Gasteiger partial charge < -0.3 is 9.42 Å². The van der Waals surface area contributed by atoms with Crippen LogP contribution in [0.3, 0.4) is 0 Å². The normalized spacial score (nSPS) is 22.8. The molecule has 2 aliphatic rings. The number of carbonyl (C=O) groups is 1. The first-order valence-electron chi connectivity index (χ1n) is 7.80. The first kappa shape index (κ1) is 15.1. The molecule has 1 aliphatic carbocycles. The van der Waals surface area contributed by atoms with Gasteiger partial charge in [0.2, 0.25) is 23.4 Å². The van der Waals surface area contributed by atoms with Crippen LogP contribution in [-0.2, 0) is 4.79 Å². The standard InChI is InChI=1S/C15H15F2N5O2/c16-15(17)7-10(22(8-15)11(23)6-9-2-3-9)14-20-13(21-24-14)12-18-4-1-5-19-12/h1,4-5,9-10H,2-3,6-8H2/t10-/m0/s1. The molecular formula is C15H15F2N5O2. The van der Waals surface area contributed by atoms with E-state index in [-0.39, 0.29) is 23.4 Å². The fourth-order valence-corrected chi connectivity index (χ4v) is 2.86. The molecule has 2 aromatic rings. The van der Waals surface area contributed by atoms with Gasteiger partial charge in [-0.3, -0.25) is 4.79 Å². The van der Waals surface area contributed by atoms with Crippen LogP contribution in [0.2, 0.25) is 0 Å². The lowest BCUT2D eigenvalue weighted by Crippen LogP contribution is -2.33. The molecule has 2 aromatic heterocycles. The zero-order valence-corrected chi connectivity index (χ0v) is 12.7. The van der Waals surface area contributed by atoms with Crippen molar-refractivity contribution in [3.05, 3.63) is 24.4 Å². The van der Waals surface area contributed by atoms with Gasteiger partial charge in [0.05, 0.1) is 6.54 Å². The zero-order valence-electron chi connectivity index (χ0n) is 12.7. The third-order valence-corrected chi connectivity index (χ3v) is 4.24. The van der Waals surface area contributed by atoms with Crippen LogP contribution >= 0.6 is 0 Å². The van der Waals surface area contributed by atoms with E-state index in [1.54, 1.807) is 6.07 Å². The lowest BCUT2D eigenvalue weighted by molar-refractivity contribution is -0.134. The van der Waals surface area contributed by atoms with Crippen LogP contribution in [0.15, 0.2) is 23.0 Å². The quantitative estimate of drug-likeness (QED) is 0.852. The molecule has 1 saturated carbocycles. The van der Waals surface area contributed by atoms with Crippen molar-refractivity contribution >= 4 is 5.91 Å². The third-order valence-electron chi connectivity index (χ3n) is 4.24. The summed E-state index contributed by atoms with van der Waals surface area (Å²) in [5, 5.41) is 3.75. The van der Waals surface area contributed by atoms with E-state index in [9.17, 15) is 13.6 Å². The molecule has 1 saturated heterocycles. The van der Waals surface area contributed by atoms with Gasteiger partial charge in [0.15, 0.2) is 0 Å². The fourth-order valence-electron chi connectivity index (χ4n) is 2.86. The van der Waals surface area contributed by atoms with Gasteiger partial charge >= 0.3 is 0 Å². The number of aromatic nitrogens is 4. The first-order chi connectivity index (χ1) is 11.5. The van der Waals surface area contributed by atoms with Crippen molar-refractivity contribution in [1.82, 2.24) is 25.0 Å². The molecule has 1 aliphatic heterocycles. The van der Waals surface area contributed by atoms with Crippen LogP contribution in [0.25, 0.3) is 11.6 Å². The van der Waals surface area contributed by atoms with Crippen LogP contribution in [0.1, 0.15) is 37.6 Å². The van der Waals surface area contributed by atoms with Gasteiger partial charge in [-0.1, -0.05) is 5.16 Å². The summed E-state index contributed by atoms with van der Waals surface area (Å²) in [5.41, 5.74) is 0. The Hall–Kier alpha value is -2.45. The third kappa shape index (κ3) is 2.98. The summed E-state index contributed by atoms with van der Waals surface area (Å²) in [4.78, 5) is 25.6. The summed E-state index contributed by atoms with van der Waals surface area (Å²) in [5.74, 6) is -2.55. The molecule has 24 heavy (non-hydrogen) atoms. The molecular weight excluding hydrogens is 320 g/mol. The number of likely N-dealkylation sites (tertiary alicyclic amines) is 1. The lowest BCUT2D eigenvalue weighted by atomic mass is 10.2. The van der Waals surface area contributed by atoms with Gasteiger partial charge in [-0.25, -0.2) is 18.7 Å². The second-order valence-electron chi connectivity index (χ2n) is 6.27. The minimum atomic E-state index is -2.96. The van der Waals surface area contributed by atoms with Crippen LogP contribution in [0.5, 0.6) is 0 Å². The van der Waals surface area contributed by atoms with E-state index in [2.05, 4.69) is 20.1 Å².